The third-order valence-corrected chi connectivity index (χ3v) is 3.62. The molecule has 1 aromatic heterocycles. The highest BCUT2D eigenvalue weighted by atomic mass is 32.1. The topological polar surface area (TPSA) is 65.8 Å². The molecule has 0 aliphatic heterocycles. The Hall–Kier alpha value is -2.40. The molecule has 1 heterocycles. The first-order valence-electron chi connectivity index (χ1n) is 6.16. The molecule has 0 aliphatic rings. The van der Waals surface area contributed by atoms with Gasteiger partial charge in [-0.3, -0.25) is 0 Å². The van der Waals surface area contributed by atoms with Gasteiger partial charge in [-0.25, -0.2) is 4.98 Å². The average Bonchev–Trinajstić information content (AvgIpc) is 2.96. The van der Waals surface area contributed by atoms with Crippen LogP contribution in [0.25, 0.3) is 11.3 Å². The number of nitrogens with one attached hydrogen (secondary N) is 1. The van der Waals surface area contributed by atoms with Crippen LogP contribution in [0.5, 0.6) is 0 Å². The number of aromatic nitrogens is 1. The van der Waals surface area contributed by atoms with Crippen LogP contribution >= 0.6 is 11.3 Å². The molecule has 8 heteroatoms. The van der Waals surface area contributed by atoms with Crippen LogP contribution in [0.4, 0.5) is 18.3 Å². The number of nitrogens with zero attached hydrogens (tertiary/aromatic N) is 2. The zero-order valence-corrected chi connectivity index (χ0v) is 11.9. The maximum absolute atomic E-state index is 13.0. The molecule has 22 heavy (non-hydrogen) atoms. The Morgan fingerprint density at radius 1 is 1.41 bits per heavy atom. The number of thiazole rings is 1. The molecule has 0 spiro atoms. The largest absolute Gasteiger partial charge is 0.417 e. The summed E-state index contributed by atoms with van der Waals surface area (Å²) >= 11 is 1.11. The van der Waals surface area contributed by atoms with E-state index in [4.69, 9.17) is 5.26 Å². The zero-order valence-electron chi connectivity index (χ0n) is 11.1. The molecule has 0 saturated heterocycles. The lowest BCUT2D eigenvalue weighted by molar-refractivity contribution is -0.137. The summed E-state index contributed by atoms with van der Waals surface area (Å²) in [7, 11) is 0. The number of anilines is 1. The van der Waals surface area contributed by atoms with Crippen LogP contribution < -0.4 is 5.32 Å². The molecular weight excluding hydrogens is 315 g/mol. The van der Waals surface area contributed by atoms with Crippen LogP contribution in [0.2, 0.25) is 0 Å². The van der Waals surface area contributed by atoms with Gasteiger partial charge < -0.3 is 10.1 Å². The minimum atomic E-state index is -4.46. The lowest BCUT2D eigenvalue weighted by atomic mass is 10.1. The number of rotatable bonds is 5. The molecule has 0 bridgehead atoms. The summed E-state index contributed by atoms with van der Waals surface area (Å²) in [4.78, 5) is 14.6. The first-order valence-corrected chi connectivity index (χ1v) is 7.04. The van der Waals surface area contributed by atoms with E-state index in [1.165, 1.54) is 23.6 Å². The van der Waals surface area contributed by atoms with E-state index < -0.39 is 17.7 Å². The van der Waals surface area contributed by atoms with E-state index in [2.05, 4.69) is 10.3 Å². The molecule has 2 aromatic rings. The van der Waals surface area contributed by atoms with Crippen molar-refractivity contribution in [3.63, 3.8) is 0 Å². The van der Waals surface area contributed by atoms with Crippen LogP contribution in [-0.4, -0.2) is 17.8 Å². The summed E-state index contributed by atoms with van der Waals surface area (Å²) in [6.07, 6.45) is -3.96. The van der Waals surface area contributed by atoms with Crippen molar-refractivity contribution >= 4 is 22.8 Å². The molecule has 114 valence electrons. The average molecular weight is 325 g/mol. The van der Waals surface area contributed by atoms with Gasteiger partial charge in [0.2, 0.25) is 0 Å². The Morgan fingerprint density at radius 2 is 2.14 bits per heavy atom. The number of carbonyl (C=O) groups is 1. The van der Waals surface area contributed by atoms with Gasteiger partial charge in [0, 0.05) is 17.5 Å². The minimum Gasteiger partial charge on any atom is -0.360 e. The van der Waals surface area contributed by atoms with Crippen LogP contribution in [0.1, 0.15) is 5.56 Å². The maximum atomic E-state index is 13.0. The molecule has 2 rings (SSSR count). The fourth-order valence-corrected chi connectivity index (χ4v) is 2.47. The fraction of sp³-hybridized carbons (Fsp3) is 0.214. The van der Waals surface area contributed by atoms with Crippen LogP contribution in [-0.2, 0) is 11.0 Å². The van der Waals surface area contributed by atoms with E-state index in [1.807, 2.05) is 0 Å². The Labute approximate surface area is 128 Å². The van der Waals surface area contributed by atoms with Gasteiger partial charge in [-0.2, -0.15) is 18.4 Å². The highest BCUT2D eigenvalue weighted by Crippen LogP contribution is 2.37. The van der Waals surface area contributed by atoms with E-state index in [-0.39, 0.29) is 17.8 Å². The third kappa shape index (κ3) is 3.62. The van der Waals surface area contributed by atoms with E-state index in [0.717, 1.165) is 17.4 Å². The van der Waals surface area contributed by atoms with Gasteiger partial charge in [0.25, 0.3) is 0 Å². The van der Waals surface area contributed by atoms with Gasteiger partial charge in [-0.15, -0.1) is 11.3 Å². The number of benzene rings is 1. The Kier molecular flexibility index (Phi) is 4.78. The molecule has 1 unspecified atom stereocenters. The number of hydrogen-bond acceptors (Lipinski definition) is 5. The number of halogens is 3. The fourth-order valence-electron chi connectivity index (χ4n) is 1.75. The quantitative estimate of drug-likeness (QED) is 0.853. The Bertz CT molecular complexity index is 706. The van der Waals surface area contributed by atoms with E-state index in [0.29, 0.717) is 11.4 Å². The number of hydrogen-bond donors (Lipinski definition) is 1. The molecule has 0 radical (unpaired) electrons. The predicted octanol–water partition coefficient (Wildman–Crippen LogP) is 3.58. The SMILES string of the molecule is N#CC(C=O)CNc1nc(-c2ccccc2C(F)(F)F)cs1. The van der Waals surface area contributed by atoms with Crippen molar-refractivity contribution < 1.29 is 18.0 Å². The number of carbonyl (C=O) groups excluding carboxylic acids is 1. The molecule has 0 aliphatic carbocycles. The third-order valence-electron chi connectivity index (χ3n) is 2.82. The molecule has 1 aromatic carbocycles. The lowest BCUT2D eigenvalue weighted by Gasteiger charge is -2.10. The summed E-state index contributed by atoms with van der Waals surface area (Å²) in [5.41, 5.74) is -0.568. The predicted molar refractivity (Wildman–Crippen MR) is 76.2 cm³/mol. The number of nitriles is 1. The number of aldehydes is 1. The maximum Gasteiger partial charge on any atom is 0.417 e. The standard InChI is InChI=1S/C14H10F3N3OS/c15-14(16,17)11-4-2-1-3-10(11)12-8-22-13(20-12)19-6-9(5-18)7-21/h1-4,7-9H,6H2,(H,19,20). The summed E-state index contributed by atoms with van der Waals surface area (Å²) < 4.78 is 38.9. The zero-order chi connectivity index (χ0) is 16.2. The summed E-state index contributed by atoms with van der Waals surface area (Å²) in [6, 6.07) is 6.97. The van der Waals surface area contributed by atoms with Crippen molar-refractivity contribution in [3.8, 4) is 17.3 Å². The van der Waals surface area contributed by atoms with Crippen LogP contribution in [0, 0.1) is 17.2 Å². The molecule has 1 atom stereocenters. The molecule has 4 nitrogen and oxygen atoms in total. The minimum absolute atomic E-state index is 0.00785. The van der Waals surface area contributed by atoms with Crippen molar-refractivity contribution in [2.45, 2.75) is 6.18 Å². The van der Waals surface area contributed by atoms with E-state index in [9.17, 15) is 18.0 Å². The second-order valence-corrected chi connectivity index (χ2v) is 5.19. The van der Waals surface area contributed by atoms with E-state index >= 15 is 0 Å². The molecular formula is C14H10F3N3OS. The first kappa shape index (κ1) is 16.0. The second kappa shape index (κ2) is 6.58. The van der Waals surface area contributed by atoms with Gasteiger partial charge in [-0.05, 0) is 6.07 Å². The van der Waals surface area contributed by atoms with Crippen molar-refractivity contribution in [3.05, 3.63) is 35.2 Å². The second-order valence-electron chi connectivity index (χ2n) is 4.33. The van der Waals surface area contributed by atoms with Crippen LogP contribution in [0.3, 0.4) is 0 Å². The highest BCUT2D eigenvalue weighted by molar-refractivity contribution is 7.14. The van der Waals surface area contributed by atoms with Gasteiger partial charge in [0.1, 0.15) is 12.2 Å². The van der Waals surface area contributed by atoms with Gasteiger partial charge >= 0.3 is 6.18 Å². The smallest absolute Gasteiger partial charge is 0.360 e. The lowest BCUT2D eigenvalue weighted by Crippen LogP contribution is -2.13. The van der Waals surface area contributed by atoms with Crippen molar-refractivity contribution in [2.75, 3.05) is 11.9 Å². The van der Waals surface area contributed by atoms with Crippen LogP contribution in [0.15, 0.2) is 29.6 Å². The number of alkyl halides is 3. The molecule has 0 fully saturated rings. The normalized spacial score (nSPS) is 12.5. The van der Waals surface area contributed by atoms with Crippen molar-refractivity contribution in [1.29, 1.82) is 5.26 Å². The summed E-state index contributed by atoms with van der Waals surface area (Å²) in [5, 5.41) is 13.3. The Morgan fingerprint density at radius 3 is 2.77 bits per heavy atom. The van der Waals surface area contributed by atoms with Gasteiger partial charge in [-0.1, -0.05) is 18.2 Å². The summed E-state index contributed by atoms with van der Waals surface area (Å²) in [6.45, 7) is 0.0634. The Balaban J connectivity index is 2.23. The summed E-state index contributed by atoms with van der Waals surface area (Å²) in [5.74, 6) is -0.824. The molecule has 0 amide bonds. The molecule has 1 N–H and O–H groups in total. The first-order chi connectivity index (χ1) is 10.5. The monoisotopic (exact) mass is 325 g/mol. The van der Waals surface area contributed by atoms with Crippen molar-refractivity contribution in [1.82, 2.24) is 4.98 Å². The van der Waals surface area contributed by atoms with Crippen molar-refractivity contribution in [2.24, 2.45) is 5.92 Å². The van der Waals surface area contributed by atoms with E-state index in [1.54, 1.807) is 6.07 Å². The van der Waals surface area contributed by atoms with Gasteiger partial charge in [0.05, 0.1) is 17.3 Å². The highest BCUT2D eigenvalue weighted by Gasteiger charge is 2.33. The molecule has 0 saturated carbocycles. The van der Waals surface area contributed by atoms with Gasteiger partial charge in [0.15, 0.2) is 5.13 Å².